The van der Waals surface area contributed by atoms with Crippen molar-refractivity contribution in [1.29, 1.82) is 0 Å². The van der Waals surface area contributed by atoms with Gasteiger partial charge in [-0.15, -0.1) is 0 Å². The number of hydrogen-bond acceptors (Lipinski definition) is 4. The fourth-order valence-corrected chi connectivity index (χ4v) is 7.68. The van der Waals surface area contributed by atoms with Gasteiger partial charge in [0.2, 0.25) is 0 Å². The second-order valence-electron chi connectivity index (χ2n) is 13.2. The van der Waals surface area contributed by atoms with Crippen molar-refractivity contribution in [2.45, 2.75) is 46.4 Å². The molecular weight excluding hydrogens is 601 g/mol. The lowest BCUT2D eigenvalue weighted by molar-refractivity contribution is 0.249. The van der Waals surface area contributed by atoms with Gasteiger partial charge in [-0.25, -0.2) is 0 Å². The third-order valence-electron chi connectivity index (χ3n) is 9.77. The van der Waals surface area contributed by atoms with Crippen molar-refractivity contribution in [3.8, 4) is 0 Å². The van der Waals surface area contributed by atoms with E-state index in [0.717, 1.165) is 61.9 Å². The maximum atomic E-state index is 6.05. The normalized spacial score (nSPS) is 11.9. The van der Waals surface area contributed by atoms with Gasteiger partial charge < -0.3 is 14.9 Å². The van der Waals surface area contributed by atoms with E-state index in [9.17, 15) is 0 Å². The van der Waals surface area contributed by atoms with E-state index < -0.39 is 0 Å². The molecule has 8 rings (SSSR count). The molecule has 8 aromatic rings. The molecule has 0 aliphatic carbocycles. The molecule has 49 heavy (non-hydrogen) atoms. The van der Waals surface area contributed by atoms with Crippen LogP contribution in [0.15, 0.2) is 121 Å². The first-order valence-electron chi connectivity index (χ1n) is 17.3. The molecule has 2 N–H and O–H groups in total. The summed E-state index contributed by atoms with van der Waals surface area (Å²) in [6.45, 7) is 8.90. The van der Waals surface area contributed by atoms with Crippen LogP contribution in [0.1, 0.15) is 40.3 Å². The molecule has 0 unspecified atom stereocenters. The lowest BCUT2D eigenvalue weighted by Crippen LogP contribution is -2.26. The first kappa shape index (κ1) is 31.0. The minimum absolute atomic E-state index is 0.646. The smallest absolute Gasteiger partial charge is 0.0711 e. The molecular formula is C43H42N6. The number of rotatable bonds is 11. The fourth-order valence-electron chi connectivity index (χ4n) is 7.68. The van der Waals surface area contributed by atoms with Crippen LogP contribution in [0, 0.1) is 13.8 Å². The molecule has 4 aromatic heterocycles. The predicted octanol–water partition coefficient (Wildman–Crippen LogP) is 8.76. The second-order valence-corrected chi connectivity index (χ2v) is 13.2. The van der Waals surface area contributed by atoms with Crippen LogP contribution in [-0.2, 0) is 26.2 Å². The van der Waals surface area contributed by atoms with Crippen LogP contribution >= 0.6 is 0 Å². The van der Waals surface area contributed by atoms with Crippen LogP contribution in [0.2, 0.25) is 0 Å². The molecule has 0 aliphatic heterocycles. The minimum Gasteiger partial charge on any atom is -0.334 e. The number of pyridine rings is 2. The summed E-state index contributed by atoms with van der Waals surface area (Å²) in [5.74, 6) is 0. The van der Waals surface area contributed by atoms with Crippen LogP contribution in [0.25, 0.3) is 43.6 Å². The number of hydrogen-bond donors (Lipinski definition) is 1. The van der Waals surface area contributed by atoms with Crippen molar-refractivity contribution in [3.63, 3.8) is 0 Å². The molecule has 0 fully saturated rings. The largest absolute Gasteiger partial charge is 0.334 e. The molecule has 4 heterocycles. The van der Waals surface area contributed by atoms with E-state index in [2.05, 4.69) is 149 Å². The Morgan fingerprint density at radius 3 is 1.43 bits per heavy atom. The highest BCUT2D eigenvalue weighted by Gasteiger charge is 2.19. The van der Waals surface area contributed by atoms with E-state index in [-0.39, 0.29) is 0 Å². The molecule has 244 valence electrons. The Balaban J connectivity index is 1.15. The number of aromatic nitrogens is 4. The van der Waals surface area contributed by atoms with Crippen molar-refractivity contribution in [1.82, 2.24) is 24.0 Å². The van der Waals surface area contributed by atoms with E-state index >= 15 is 0 Å². The quantitative estimate of drug-likeness (QED) is 0.153. The van der Waals surface area contributed by atoms with Crippen LogP contribution in [0.3, 0.4) is 0 Å². The molecule has 0 saturated heterocycles. The molecule has 6 nitrogen and oxygen atoms in total. The summed E-state index contributed by atoms with van der Waals surface area (Å²) in [6, 6.07) is 43.5. The van der Waals surface area contributed by atoms with E-state index in [1.807, 2.05) is 0 Å². The Labute approximate surface area is 287 Å². The first-order valence-corrected chi connectivity index (χ1v) is 17.3. The molecule has 6 heteroatoms. The number of fused-ring (bicyclic) bond motifs is 6. The highest BCUT2D eigenvalue weighted by atomic mass is 15.1. The van der Waals surface area contributed by atoms with Crippen LogP contribution in [0.5, 0.6) is 0 Å². The maximum absolute atomic E-state index is 6.05. The number of para-hydroxylation sites is 2. The minimum atomic E-state index is 0.646. The third-order valence-corrected chi connectivity index (χ3v) is 9.77. The van der Waals surface area contributed by atoms with Crippen LogP contribution in [0.4, 0.5) is 0 Å². The summed E-state index contributed by atoms with van der Waals surface area (Å²) in [6.07, 6.45) is 0.912. The lowest BCUT2D eigenvalue weighted by Gasteiger charge is -2.22. The molecule has 0 saturated carbocycles. The molecule has 0 amide bonds. The van der Waals surface area contributed by atoms with Gasteiger partial charge in [-0.3, -0.25) is 14.9 Å². The van der Waals surface area contributed by atoms with Crippen molar-refractivity contribution >= 4 is 43.6 Å². The van der Waals surface area contributed by atoms with Gasteiger partial charge >= 0.3 is 0 Å². The van der Waals surface area contributed by atoms with Crippen molar-refractivity contribution in [3.05, 3.63) is 155 Å². The summed E-state index contributed by atoms with van der Waals surface area (Å²) in [5, 5.41) is 5.05. The van der Waals surface area contributed by atoms with E-state index in [1.54, 1.807) is 0 Å². The number of nitrogens with two attached hydrogens (primary N) is 1. The standard InChI is InChI=1S/C43H42N6/c1-30-42-38(36-18-9-11-20-40(36)48(42)26-32-14-5-3-6-15-32)24-34(45-30)28-47(23-13-22-44)29-35-25-39-37-19-10-12-21-41(37)49(43(39)31(2)46-35)27-33-16-7-4-8-17-33/h3-12,14-21,24-25H,13,22-23,26-29,44H2,1-2H3. The monoisotopic (exact) mass is 642 g/mol. The molecule has 0 bridgehead atoms. The average Bonchev–Trinajstić information content (AvgIpc) is 3.61. The van der Waals surface area contributed by atoms with Crippen molar-refractivity contribution < 1.29 is 0 Å². The predicted molar refractivity (Wildman–Crippen MR) is 203 cm³/mol. The zero-order valence-electron chi connectivity index (χ0n) is 28.3. The Morgan fingerprint density at radius 2 is 0.980 bits per heavy atom. The second kappa shape index (κ2) is 13.3. The summed E-state index contributed by atoms with van der Waals surface area (Å²) < 4.78 is 4.85. The van der Waals surface area contributed by atoms with Crippen molar-refractivity contribution in [2.75, 3.05) is 13.1 Å². The summed E-state index contributed by atoms with van der Waals surface area (Å²) in [4.78, 5) is 12.9. The van der Waals surface area contributed by atoms with Crippen LogP contribution < -0.4 is 5.73 Å². The fraction of sp³-hybridized carbons (Fsp3) is 0.209. The Kier molecular flexibility index (Phi) is 8.42. The lowest BCUT2D eigenvalue weighted by atomic mass is 10.1. The number of benzene rings is 4. The van der Waals surface area contributed by atoms with E-state index in [4.69, 9.17) is 15.7 Å². The highest BCUT2D eigenvalue weighted by Crippen LogP contribution is 2.34. The van der Waals surface area contributed by atoms with Crippen molar-refractivity contribution in [2.24, 2.45) is 5.73 Å². The topological polar surface area (TPSA) is 64.9 Å². The number of nitrogens with zero attached hydrogens (tertiary/aromatic N) is 5. The van der Waals surface area contributed by atoms with Crippen LogP contribution in [-0.4, -0.2) is 37.1 Å². The Morgan fingerprint density at radius 1 is 0.551 bits per heavy atom. The van der Waals surface area contributed by atoms with Gasteiger partial charge in [-0.2, -0.15) is 0 Å². The summed E-state index contributed by atoms with van der Waals surface area (Å²) >= 11 is 0. The Hall–Kier alpha value is -5.30. The molecule has 0 radical (unpaired) electrons. The van der Waals surface area contributed by atoms with Gasteiger partial charge in [0.05, 0.1) is 33.8 Å². The summed E-state index contributed by atoms with van der Waals surface area (Å²) in [5.41, 5.74) is 17.8. The number of aryl methyl sites for hydroxylation is 2. The van der Waals surface area contributed by atoms with E-state index in [1.165, 1.54) is 54.7 Å². The molecule has 0 spiro atoms. The maximum Gasteiger partial charge on any atom is 0.0711 e. The zero-order valence-corrected chi connectivity index (χ0v) is 28.3. The first-order chi connectivity index (χ1) is 24.1. The van der Waals surface area contributed by atoms with Gasteiger partial charge in [0.15, 0.2) is 0 Å². The van der Waals surface area contributed by atoms with Gasteiger partial charge in [-0.05, 0) is 62.2 Å². The molecule has 4 aromatic carbocycles. The highest BCUT2D eigenvalue weighted by molar-refractivity contribution is 6.09. The average molecular weight is 643 g/mol. The Bertz CT molecular complexity index is 2240. The van der Waals surface area contributed by atoms with E-state index in [0.29, 0.717) is 6.54 Å². The summed E-state index contributed by atoms with van der Waals surface area (Å²) in [7, 11) is 0. The van der Waals surface area contributed by atoms with Gasteiger partial charge in [-0.1, -0.05) is 97.1 Å². The SMILES string of the molecule is Cc1nc(CN(CCCN)Cc2cc3c4ccccc4n(Cc4ccccc4)c3c(C)n2)cc2c3ccccc3n(Cc3ccccc3)c12. The van der Waals surface area contributed by atoms with Gasteiger partial charge in [0.1, 0.15) is 0 Å². The molecule has 0 aliphatic rings. The third kappa shape index (κ3) is 5.99. The van der Waals surface area contributed by atoms with Gasteiger partial charge in [0, 0.05) is 65.3 Å². The zero-order chi connectivity index (χ0) is 33.3. The molecule has 0 atom stereocenters. The van der Waals surface area contributed by atoms with Gasteiger partial charge in [0.25, 0.3) is 0 Å².